The summed E-state index contributed by atoms with van der Waals surface area (Å²) in [6.45, 7) is 4.73. The van der Waals surface area contributed by atoms with Crippen molar-refractivity contribution in [3.8, 4) is 22.7 Å². The Bertz CT molecular complexity index is 1040. The van der Waals surface area contributed by atoms with Crippen LogP contribution in [0.1, 0.15) is 30.8 Å². The van der Waals surface area contributed by atoms with Crippen LogP contribution in [0.15, 0.2) is 54.6 Å². The largest absolute Gasteiger partial charge is 0.497 e. The number of nitro groups is 1. The third kappa shape index (κ3) is 4.83. The molecule has 0 saturated carbocycles. The number of hydrogen-bond donors (Lipinski definition) is 1. The number of aromatic nitrogens is 2. The summed E-state index contributed by atoms with van der Waals surface area (Å²) in [5.41, 5.74) is 2.28. The number of amides is 1. The van der Waals surface area contributed by atoms with E-state index in [0.29, 0.717) is 35.3 Å². The van der Waals surface area contributed by atoms with Crippen molar-refractivity contribution < 1.29 is 14.5 Å². The van der Waals surface area contributed by atoms with Crippen molar-refractivity contribution in [1.29, 1.82) is 0 Å². The number of rotatable bonds is 8. The molecule has 0 spiro atoms. The van der Waals surface area contributed by atoms with Crippen molar-refractivity contribution in [2.24, 2.45) is 5.92 Å². The van der Waals surface area contributed by atoms with Gasteiger partial charge < -0.3 is 10.1 Å². The number of carbonyl (C=O) groups is 1. The number of methoxy groups -OCH3 is 1. The number of nitrogens with zero attached hydrogens (tertiary/aromatic N) is 3. The first-order chi connectivity index (χ1) is 14.4. The zero-order chi connectivity index (χ0) is 21.7. The second-order valence-electron chi connectivity index (χ2n) is 7.27. The van der Waals surface area contributed by atoms with Crippen molar-refractivity contribution in [2.75, 3.05) is 13.7 Å². The van der Waals surface area contributed by atoms with Gasteiger partial charge in [-0.15, -0.1) is 0 Å². The Hall–Kier alpha value is -3.68. The fourth-order valence-electron chi connectivity index (χ4n) is 2.94. The van der Waals surface area contributed by atoms with Crippen LogP contribution in [0, 0.1) is 16.0 Å². The number of carbonyl (C=O) groups excluding carboxylic acids is 1. The van der Waals surface area contributed by atoms with Crippen LogP contribution < -0.4 is 10.1 Å². The van der Waals surface area contributed by atoms with Gasteiger partial charge in [-0.1, -0.05) is 26.0 Å². The van der Waals surface area contributed by atoms with Crippen molar-refractivity contribution in [3.05, 3.63) is 70.4 Å². The van der Waals surface area contributed by atoms with Crippen LogP contribution in [0.25, 0.3) is 16.9 Å². The van der Waals surface area contributed by atoms with Crippen molar-refractivity contribution in [1.82, 2.24) is 15.1 Å². The Balaban J connectivity index is 2.00. The Morgan fingerprint density at radius 3 is 2.57 bits per heavy atom. The monoisotopic (exact) mass is 408 g/mol. The molecular weight excluding hydrogens is 384 g/mol. The van der Waals surface area contributed by atoms with Crippen molar-refractivity contribution >= 4 is 11.6 Å². The Morgan fingerprint density at radius 1 is 1.20 bits per heavy atom. The first-order valence-electron chi connectivity index (χ1n) is 9.66. The highest BCUT2D eigenvalue weighted by molar-refractivity contribution is 5.94. The molecule has 8 heteroatoms. The van der Waals surface area contributed by atoms with E-state index in [1.165, 1.54) is 16.8 Å². The third-order valence-electron chi connectivity index (χ3n) is 4.62. The SMILES string of the molecule is COc1cccc(-c2cc(C(=O)NCCC(C)C)n(-c3ccc([N+](=O)[O-])cc3)n2)c1. The standard InChI is InChI=1S/C22H24N4O4/c1-15(2)11-12-23-22(27)21-14-20(16-5-4-6-19(13-16)30-3)24-25(21)17-7-9-18(10-8-17)26(28)29/h4-10,13-15H,11-12H2,1-3H3,(H,23,27). The molecule has 1 amide bonds. The molecule has 1 N–H and O–H groups in total. The maximum Gasteiger partial charge on any atom is 0.270 e. The quantitative estimate of drug-likeness (QED) is 0.444. The van der Waals surface area contributed by atoms with E-state index in [2.05, 4.69) is 24.3 Å². The maximum absolute atomic E-state index is 12.9. The second-order valence-corrected chi connectivity index (χ2v) is 7.27. The zero-order valence-corrected chi connectivity index (χ0v) is 17.2. The highest BCUT2D eigenvalue weighted by Crippen LogP contribution is 2.26. The number of ether oxygens (including phenoxy) is 1. The molecule has 8 nitrogen and oxygen atoms in total. The van der Waals surface area contributed by atoms with Gasteiger partial charge in [0.05, 0.1) is 23.4 Å². The van der Waals surface area contributed by atoms with Gasteiger partial charge in [-0.3, -0.25) is 14.9 Å². The van der Waals surface area contributed by atoms with Crippen LogP contribution >= 0.6 is 0 Å². The summed E-state index contributed by atoms with van der Waals surface area (Å²) < 4.78 is 6.78. The molecule has 1 aromatic heterocycles. The predicted octanol–water partition coefficient (Wildman–Crippen LogP) is 4.23. The lowest BCUT2D eigenvalue weighted by molar-refractivity contribution is -0.384. The van der Waals surface area contributed by atoms with Crippen LogP contribution in [0.5, 0.6) is 5.75 Å². The van der Waals surface area contributed by atoms with Crippen LogP contribution in [0.4, 0.5) is 5.69 Å². The lowest BCUT2D eigenvalue weighted by atomic mass is 10.1. The maximum atomic E-state index is 12.9. The van der Waals surface area contributed by atoms with Gasteiger partial charge in [0.1, 0.15) is 11.4 Å². The van der Waals surface area contributed by atoms with Gasteiger partial charge in [0.2, 0.25) is 0 Å². The van der Waals surface area contributed by atoms with E-state index in [1.54, 1.807) is 25.3 Å². The molecule has 0 atom stereocenters. The highest BCUT2D eigenvalue weighted by Gasteiger charge is 2.18. The molecule has 1 heterocycles. The molecule has 3 rings (SSSR count). The van der Waals surface area contributed by atoms with Gasteiger partial charge in [0.25, 0.3) is 11.6 Å². The summed E-state index contributed by atoms with van der Waals surface area (Å²) in [6.07, 6.45) is 0.861. The number of non-ortho nitro benzene ring substituents is 1. The first-order valence-corrected chi connectivity index (χ1v) is 9.66. The van der Waals surface area contributed by atoms with E-state index in [9.17, 15) is 14.9 Å². The van der Waals surface area contributed by atoms with E-state index < -0.39 is 4.92 Å². The van der Waals surface area contributed by atoms with Crippen molar-refractivity contribution in [3.63, 3.8) is 0 Å². The molecular formula is C22H24N4O4. The molecule has 3 aromatic rings. The molecule has 30 heavy (non-hydrogen) atoms. The minimum atomic E-state index is -0.464. The fraction of sp³-hybridized carbons (Fsp3) is 0.273. The Labute approximate surface area is 174 Å². The summed E-state index contributed by atoms with van der Waals surface area (Å²) in [4.78, 5) is 23.3. The Morgan fingerprint density at radius 2 is 1.93 bits per heavy atom. The predicted molar refractivity (Wildman–Crippen MR) is 114 cm³/mol. The molecule has 0 aliphatic rings. The van der Waals surface area contributed by atoms with Crippen molar-refractivity contribution in [2.45, 2.75) is 20.3 Å². The molecule has 0 unspecified atom stereocenters. The lowest BCUT2D eigenvalue weighted by Gasteiger charge is -2.09. The van der Waals surface area contributed by atoms with Gasteiger partial charge in [-0.2, -0.15) is 5.10 Å². The van der Waals surface area contributed by atoms with Gasteiger partial charge in [-0.25, -0.2) is 4.68 Å². The normalized spacial score (nSPS) is 10.8. The topological polar surface area (TPSA) is 99.3 Å². The van der Waals surface area contributed by atoms with E-state index in [0.717, 1.165) is 12.0 Å². The smallest absolute Gasteiger partial charge is 0.270 e. The number of benzene rings is 2. The number of hydrogen-bond acceptors (Lipinski definition) is 5. The minimum Gasteiger partial charge on any atom is -0.497 e. The lowest BCUT2D eigenvalue weighted by Crippen LogP contribution is -2.27. The van der Waals surface area contributed by atoms with Crippen LogP contribution in [0.2, 0.25) is 0 Å². The van der Waals surface area contributed by atoms with Gasteiger partial charge in [0.15, 0.2) is 0 Å². The summed E-state index contributed by atoms with van der Waals surface area (Å²) >= 11 is 0. The first kappa shape index (κ1) is 21.0. The summed E-state index contributed by atoms with van der Waals surface area (Å²) in [5, 5.41) is 18.5. The average molecular weight is 408 g/mol. The van der Waals surface area contributed by atoms with E-state index in [1.807, 2.05) is 24.3 Å². The van der Waals surface area contributed by atoms with Crippen LogP contribution in [-0.4, -0.2) is 34.3 Å². The summed E-state index contributed by atoms with van der Waals surface area (Å²) in [7, 11) is 1.59. The molecule has 0 fully saturated rings. The van der Waals surface area contributed by atoms with Crippen LogP contribution in [-0.2, 0) is 0 Å². The molecule has 0 bridgehead atoms. The van der Waals surface area contributed by atoms with E-state index >= 15 is 0 Å². The minimum absolute atomic E-state index is 0.0261. The molecule has 0 aliphatic carbocycles. The summed E-state index contributed by atoms with van der Waals surface area (Å²) in [5.74, 6) is 0.896. The van der Waals surface area contributed by atoms with Gasteiger partial charge in [0, 0.05) is 24.2 Å². The zero-order valence-electron chi connectivity index (χ0n) is 17.2. The number of nitrogens with one attached hydrogen (secondary N) is 1. The molecule has 156 valence electrons. The number of nitro benzene ring substituents is 1. The summed E-state index contributed by atoms with van der Waals surface area (Å²) in [6, 6.07) is 15.0. The van der Waals surface area contributed by atoms with Gasteiger partial charge >= 0.3 is 0 Å². The second kappa shape index (κ2) is 9.21. The average Bonchev–Trinajstić information content (AvgIpc) is 3.19. The van der Waals surface area contributed by atoms with Gasteiger partial charge in [-0.05, 0) is 42.7 Å². The highest BCUT2D eigenvalue weighted by atomic mass is 16.6. The Kier molecular flexibility index (Phi) is 6.46. The van der Waals surface area contributed by atoms with Crippen LogP contribution in [0.3, 0.4) is 0 Å². The molecule has 0 aliphatic heterocycles. The molecule has 0 saturated heterocycles. The molecule has 2 aromatic carbocycles. The fourth-order valence-corrected chi connectivity index (χ4v) is 2.94. The molecule has 0 radical (unpaired) electrons. The van der Waals surface area contributed by atoms with E-state index in [-0.39, 0.29) is 11.6 Å². The van der Waals surface area contributed by atoms with E-state index in [4.69, 9.17) is 4.74 Å². The third-order valence-corrected chi connectivity index (χ3v) is 4.62.